The molecule has 0 unspecified atom stereocenters. The fourth-order valence-corrected chi connectivity index (χ4v) is 3.07. The summed E-state index contributed by atoms with van der Waals surface area (Å²) in [6.45, 7) is 8.22. The fraction of sp³-hybridized carbons (Fsp3) is 0.294. The fourth-order valence-electron chi connectivity index (χ4n) is 1.80. The van der Waals surface area contributed by atoms with Crippen molar-refractivity contribution in [3.8, 4) is 0 Å². The van der Waals surface area contributed by atoms with Gasteiger partial charge in [0.1, 0.15) is 5.94 Å². The second-order valence-corrected chi connectivity index (χ2v) is 10.5. The van der Waals surface area contributed by atoms with E-state index < -0.39 is 14.0 Å². The summed E-state index contributed by atoms with van der Waals surface area (Å²) in [6.07, 6.45) is 1.24. The first kappa shape index (κ1) is 16.9. The molecule has 0 aliphatic rings. The van der Waals surface area contributed by atoms with Crippen LogP contribution in [0, 0.1) is 0 Å². The number of carbonyl (C=O) groups is 1. The van der Waals surface area contributed by atoms with Gasteiger partial charge in [0.05, 0.1) is 20.8 Å². The van der Waals surface area contributed by atoms with E-state index in [0.29, 0.717) is 17.4 Å². The Morgan fingerprint density at radius 1 is 1.24 bits per heavy atom. The molecule has 0 aliphatic carbocycles. The highest BCUT2D eigenvalue weighted by Crippen LogP contribution is 2.27. The number of hydrogen-bond donors (Lipinski definition) is 0. The number of ether oxygens (including phenoxy) is 1. The molecule has 1 rings (SSSR count). The monoisotopic (exact) mass is 300 g/mol. The van der Waals surface area contributed by atoms with Crippen LogP contribution >= 0.6 is 0 Å². The van der Waals surface area contributed by atoms with Crippen molar-refractivity contribution in [1.82, 2.24) is 0 Å². The molecule has 4 heteroatoms. The van der Waals surface area contributed by atoms with E-state index in [1.165, 1.54) is 6.08 Å². The zero-order chi connectivity index (χ0) is 15.9. The molecule has 0 fully saturated rings. The van der Waals surface area contributed by atoms with E-state index in [-0.39, 0.29) is 0 Å². The molecule has 3 nitrogen and oxygen atoms in total. The van der Waals surface area contributed by atoms with Crippen LogP contribution in [-0.4, -0.2) is 26.6 Å². The van der Waals surface area contributed by atoms with Crippen molar-refractivity contribution < 1.29 is 14.3 Å². The SMILES string of the molecule is CCOC(=O)C=C=C(C(=C=O)[Si](C)(C)C)c1ccccc1. The molecule has 0 saturated carbocycles. The molecule has 0 atom stereocenters. The zero-order valence-corrected chi connectivity index (χ0v) is 13.9. The Morgan fingerprint density at radius 3 is 2.33 bits per heavy atom. The lowest BCUT2D eigenvalue weighted by Crippen LogP contribution is -2.25. The second kappa shape index (κ2) is 7.60. The molecule has 0 spiro atoms. The highest BCUT2D eigenvalue weighted by molar-refractivity contribution is 6.86. The van der Waals surface area contributed by atoms with Crippen LogP contribution in [0.4, 0.5) is 0 Å². The Hall–Kier alpha value is -2.12. The van der Waals surface area contributed by atoms with Crippen LogP contribution in [0.3, 0.4) is 0 Å². The van der Waals surface area contributed by atoms with Crippen molar-refractivity contribution in [2.24, 2.45) is 0 Å². The van der Waals surface area contributed by atoms with E-state index in [1.54, 1.807) is 6.92 Å². The quantitative estimate of drug-likeness (QED) is 0.209. The maximum absolute atomic E-state index is 11.5. The predicted octanol–water partition coefficient (Wildman–Crippen LogP) is 3.42. The summed E-state index contributed by atoms with van der Waals surface area (Å²) < 4.78 is 4.86. The van der Waals surface area contributed by atoms with Crippen LogP contribution in [0.15, 0.2) is 47.3 Å². The molecular weight excluding hydrogens is 280 g/mol. The number of hydrogen-bond acceptors (Lipinski definition) is 3. The summed E-state index contributed by atoms with van der Waals surface area (Å²) in [6, 6.07) is 9.44. The third-order valence-electron chi connectivity index (χ3n) is 2.79. The minimum atomic E-state index is -1.90. The van der Waals surface area contributed by atoms with Crippen LogP contribution in [-0.2, 0) is 14.3 Å². The average Bonchev–Trinajstić information content (AvgIpc) is 2.43. The average molecular weight is 300 g/mol. The first-order valence-electron chi connectivity index (χ1n) is 6.85. The zero-order valence-electron chi connectivity index (χ0n) is 12.9. The molecule has 0 N–H and O–H groups in total. The Kier molecular flexibility index (Phi) is 6.13. The number of esters is 1. The molecule has 1 aromatic carbocycles. The lowest BCUT2D eigenvalue weighted by Gasteiger charge is -2.18. The molecule has 0 aromatic heterocycles. The molecule has 110 valence electrons. The lowest BCUT2D eigenvalue weighted by molar-refractivity contribution is -0.137. The summed E-state index contributed by atoms with van der Waals surface area (Å²) >= 11 is 0. The van der Waals surface area contributed by atoms with Crippen molar-refractivity contribution in [2.75, 3.05) is 6.61 Å². The number of rotatable bonds is 5. The van der Waals surface area contributed by atoms with Crippen molar-refractivity contribution in [1.29, 1.82) is 0 Å². The van der Waals surface area contributed by atoms with E-state index in [0.717, 1.165) is 5.56 Å². The van der Waals surface area contributed by atoms with Crippen LogP contribution in [0.5, 0.6) is 0 Å². The molecule has 0 heterocycles. The second-order valence-electron chi connectivity index (χ2n) is 5.51. The third kappa shape index (κ3) is 5.05. The van der Waals surface area contributed by atoms with Crippen LogP contribution in [0.2, 0.25) is 19.6 Å². The van der Waals surface area contributed by atoms with Crippen LogP contribution < -0.4 is 0 Å². The lowest BCUT2D eigenvalue weighted by atomic mass is 10.1. The molecular formula is C17H20O3Si. The van der Waals surface area contributed by atoms with Gasteiger partial charge in [0.15, 0.2) is 0 Å². The first-order valence-corrected chi connectivity index (χ1v) is 10.3. The summed E-state index contributed by atoms with van der Waals surface area (Å²) in [5.74, 6) is 1.59. The molecule has 0 saturated heterocycles. The van der Waals surface area contributed by atoms with Crippen molar-refractivity contribution in [3.63, 3.8) is 0 Å². The van der Waals surface area contributed by atoms with Crippen molar-refractivity contribution in [2.45, 2.75) is 26.6 Å². The Bertz CT molecular complexity index is 611. The van der Waals surface area contributed by atoms with E-state index in [1.807, 2.05) is 30.3 Å². The smallest absolute Gasteiger partial charge is 0.338 e. The number of carbonyl (C=O) groups excluding carboxylic acids is 2. The topological polar surface area (TPSA) is 43.4 Å². The van der Waals surface area contributed by atoms with E-state index in [4.69, 9.17) is 4.74 Å². The van der Waals surface area contributed by atoms with Gasteiger partial charge in [-0.15, -0.1) is 5.73 Å². The van der Waals surface area contributed by atoms with Gasteiger partial charge >= 0.3 is 5.97 Å². The van der Waals surface area contributed by atoms with Crippen molar-refractivity contribution >= 4 is 25.6 Å². The van der Waals surface area contributed by atoms with Gasteiger partial charge in [0.2, 0.25) is 0 Å². The number of benzene rings is 1. The van der Waals surface area contributed by atoms with Crippen molar-refractivity contribution in [3.05, 3.63) is 52.9 Å². The number of allylic oxidation sites excluding steroid dienone is 1. The van der Waals surface area contributed by atoms with E-state index in [2.05, 4.69) is 31.3 Å². The highest BCUT2D eigenvalue weighted by Gasteiger charge is 2.25. The predicted molar refractivity (Wildman–Crippen MR) is 87.1 cm³/mol. The molecule has 0 aliphatic heterocycles. The summed E-state index contributed by atoms with van der Waals surface area (Å²) in [4.78, 5) is 22.9. The van der Waals surface area contributed by atoms with Gasteiger partial charge in [-0.1, -0.05) is 50.0 Å². The van der Waals surface area contributed by atoms with Gasteiger partial charge in [-0.2, -0.15) is 0 Å². The normalized spacial score (nSPS) is 10.1. The van der Waals surface area contributed by atoms with Gasteiger partial charge in [-0.05, 0) is 12.5 Å². The summed E-state index contributed by atoms with van der Waals surface area (Å²) in [7, 11) is -1.90. The van der Waals surface area contributed by atoms with E-state index in [9.17, 15) is 9.59 Å². The minimum Gasteiger partial charge on any atom is -0.462 e. The first-order chi connectivity index (χ1) is 9.90. The molecule has 1 aromatic rings. The van der Waals surface area contributed by atoms with Crippen LogP contribution in [0.25, 0.3) is 5.57 Å². The third-order valence-corrected chi connectivity index (χ3v) is 4.64. The Morgan fingerprint density at radius 2 is 1.86 bits per heavy atom. The van der Waals surface area contributed by atoms with Gasteiger partial charge in [0.25, 0.3) is 0 Å². The molecule has 0 amide bonds. The maximum Gasteiger partial charge on any atom is 0.338 e. The maximum atomic E-state index is 11.5. The van der Waals surface area contributed by atoms with Gasteiger partial charge in [0, 0.05) is 10.8 Å². The summed E-state index contributed by atoms with van der Waals surface area (Å²) in [5.41, 5.74) is 4.40. The molecule has 0 radical (unpaired) electrons. The highest BCUT2D eigenvalue weighted by atomic mass is 28.3. The summed E-state index contributed by atoms with van der Waals surface area (Å²) in [5, 5.41) is 0.606. The Balaban J connectivity index is 3.42. The standard InChI is InChI=1S/C17H20O3Si/c1-5-20-17(19)12-11-15(14-9-7-6-8-10-14)16(13-18)21(2,3)4/h6-10,12H,5H2,1-4H3. The van der Waals surface area contributed by atoms with E-state index >= 15 is 0 Å². The molecule has 21 heavy (non-hydrogen) atoms. The van der Waals surface area contributed by atoms with Gasteiger partial charge in [-0.25, -0.2) is 9.59 Å². The minimum absolute atomic E-state index is 0.308. The van der Waals surface area contributed by atoms with Gasteiger partial charge in [-0.3, -0.25) is 0 Å². The van der Waals surface area contributed by atoms with Crippen LogP contribution in [0.1, 0.15) is 12.5 Å². The Labute approximate surface area is 126 Å². The molecule has 0 bridgehead atoms. The van der Waals surface area contributed by atoms with Gasteiger partial charge < -0.3 is 4.74 Å². The largest absolute Gasteiger partial charge is 0.462 e.